The highest BCUT2D eigenvalue weighted by atomic mass is 32.2. The Balaban J connectivity index is 2.53. The predicted molar refractivity (Wildman–Crippen MR) is 65.4 cm³/mol. The minimum Gasteiger partial charge on any atom is -0.469 e. The molecule has 0 amide bonds. The Morgan fingerprint density at radius 2 is 2.24 bits per heavy atom. The Morgan fingerprint density at radius 1 is 1.53 bits per heavy atom. The van der Waals surface area contributed by atoms with E-state index in [9.17, 15) is 13.2 Å². The molecule has 0 bridgehead atoms. The summed E-state index contributed by atoms with van der Waals surface area (Å²) in [7, 11) is -0.580. The molecule has 1 aromatic heterocycles. The zero-order valence-corrected chi connectivity index (χ0v) is 11.4. The lowest BCUT2D eigenvalue weighted by molar-refractivity contribution is -0.140. The first-order chi connectivity index (χ1) is 7.98. The van der Waals surface area contributed by atoms with Gasteiger partial charge in [0.15, 0.2) is 0 Å². The Kier molecular flexibility index (Phi) is 5.10. The molecule has 1 heterocycles. The van der Waals surface area contributed by atoms with Crippen LogP contribution in [0.4, 0.5) is 0 Å². The van der Waals surface area contributed by atoms with E-state index in [4.69, 9.17) is 0 Å². The van der Waals surface area contributed by atoms with Crippen molar-refractivity contribution in [2.45, 2.75) is 17.1 Å². The van der Waals surface area contributed by atoms with Gasteiger partial charge < -0.3 is 4.74 Å². The van der Waals surface area contributed by atoms with Crippen molar-refractivity contribution in [1.29, 1.82) is 0 Å². The number of thiophene rings is 1. The average molecular weight is 277 g/mol. The molecule has 0 N–H and O–H groups in total. The lowest BCUT2D eigenvalue weighted by Crippen LogP contribution is -2.27. The normalized spacial score (nSPS) is 11.7. The van der Waals surface area contributed by atoms with Crippen molar-refractivity contribution in [3.63, 3.8) is 0 Å². The number of nitrogens with zero attached hydrogens (tertiary/aromatic N) is 1. The largest absolute Gasteiger partial charge is 0.469 e. The van der Waals surface area contributed by atoms with Crippen LogP contribution in [0.5, 0.6) is 0 Å². The number of carbonyl (C=O) groups is 1. The smallest absolute Gasteiger partial charge is 0.305 e. The lowest BCUT2D eigenvalue weighted by atomic mass is 10.3. The van der Waals surface area contributed by atoms with Crippen LogP contribution in [0.2, 0.25) is 0 Å². The maximum absolute atomic E-state index is 12.0. The van der Waals surface area contributed by atoms with Crippen molar-refractivity contribution in [2.75, 3.05) is 20.7 Å². The van der Waals surface area contributed by atoms with Crippen molar-refractivity contribution >= 4 is 27.3 Å². The lowest BCUT2D eigenvalue weighted by Gasteiger charge is -2.15. The molecule has 0 aliphatic heterocycles. The molecule has 0 fully saturated rings. The van der Waals surface area contributed by atoms with E-state index >= 15 is 0 Å². The van der Waals surface area contributed by atoms with Crippen LogP contribution >= 0.6 is 11.3 Å². The van der Waals surface area contributed by atoms with Crippen LogP contribution in [0.25, 0.3) is 0 Å². The van der Waals surface area contributed by atoms with Crippen LogP contribution < -0.4 is 0 Å². The van der Waals surface area contributed by atoms with Gasteiger partial charge in [-0.3, -0.25) is 4.79 Å². The highest BCUT2D eigenvalue weighted by Crippen LogP contribution is 2.19. The second-order valence-electron chi connectivity index (χ2n) is 3.44. The topological polar surface area (TPSA) is 63.7 Å². The van der Waals surface area contributed by atoms with Gasteiger partial charge in [-0.25, -0.2) is 12.7 Å². The van der Waals surface area contributed by atoms with Gasteiger partial charge >= 0.3 is 5.97 Å². The number of hydrogen-bond acceptors (Lipinski definition) is 5. The van der Waals surface area contributed by atoms with Gasteiger partial charge in [-0.05, 0) is 17.9 Å². The van der Waals surface area contributed by atoms with E-state index in [1.54, 1.807) is 17.5 Å². The average Bonchev–Trinajstić information content (AvgIpc) is 2.82. The molecule has 7 heteroatoms. The fourth-order valence-electron chi connectivity index (χ4n) is 1.23. The second-order valence-corrected chi connectivity index (χ2v) is 6.66. The number of carbonyl (C=O) groups excluding carboxylic acids is 1. The van der Waals surface area contributed by atoms with Crippen LogP contribution in [0.1, 0.15) is 12.8 Å². The SMILES string of the molecule is COC(=O)CCCN(C)S(=O)(=O)c1cccs1. The summed E-state index contributed by atoms with van der Waals surface area (Å²) in [5, 5.41) is 1.72. The van der Waals surface area contributed by atoms with Gasteiger partial charge in [0.2, 0.25) is 0 Å². The molecule has 17 heavy (non-hydrogen) atoms. The zero-order chi connectivity index (χ0) is 12.9. The zero-order valence-electron chi connectivity index (χ0n) is 9.75. The predicted octanol–water partition coefficient (Wildman–Crippen LogP) is 1.32. The quantitative estimate of drug-likeness (QED) is 0.736. The summed E-state index contributed by atoms with van der Waals surface area (Å²) in [6.45, 7) is 0.301. The molecule has 0 aliphatic carbocycles. The number of hydrogen-bond donors (Lipinski definition) is 0. The highest BCUT2D eigenvalue weighted by molar-refractivity contribution is 7.91. The standard InChI is InChI=1S/C10H15NO4S2/c1-11(7-3-5-9(12)15-2)17(13,14)10-6-4-8-16-10/h4,6,8H,3,5,7H2,1-2H3. The molecule has 0 spiro atoms. The fraction of sp³-hybridized carbons (Fsp3) is 0.500. The van der Waals surface area contributed by atoms with E-state index in [0.717, 1.165) is 0 Å². The molecular formula is C10H15NO4S2. The van der Waals surface area contributed by atoms with E-state index in [2.05, 4.69) is 4.74 Å². The highest BCUT2D eigenvalue weighted by Gasteiger charge is 2.21. The van der Waals surface area contributed by atoms with Gasteiger partial charge in [0, 0.05) is 20.0 Å². The van der Waals surface area contributed by atoms with Gasteiger partial charge in [0.25, 0.3) is 10.0 Å². The van der Waals surface area contributed by atoms with Gasteiger partial charge in [-0.15, -0.1) is 11.3 Å². The molecule has 0 aliphatic rings. The summed E-state index contributed by atoms with van der Waals surface area (Å²) in [4.78, 5) is 10.9. The molecule has 5 nitrogen and oxygen atoms in total. The minimum atomic E-state index is -3.40. The van der Waals surface area contributed by atoms with Crippen molar-refractivity contribution in [2.24, 2.45) is 0 Å². The maximum atomic E-state index is 12.0. The Hall–Kier alpha value is -0.920. The molecular weight excluding hydrogens is 262 g/mol. The summed E-state index contributed by atoms with van der Waals surface area (Å²) in [6.07, 6.45) is 0.675. The number of methoxy groups -OCH3 is 1. The Labute approximate surface area is 105 Å². The van der Waals surface area contributed by atoms with Gasteiger partial charge in [-0.2, -0.15) is 0 Å². The molecule has 0 aromatic carbocycles. The first kappa shape index (κ1) is 14.1. The van der Waals surface area contributed by atoms with Crippen molar-refractivity contribution in [3.8, 4) is 0 Å². The van der Waals surface area contributed by atoms with E-state index in [-0.39, 0.29) is 12.4 Å². The number of esters is 1. The van der Waals surface area contributed by atoms with Gasteiger partial charge in [0.1, 0.15) is 4.21 Å². The molecule has 0 atom stereocenters. The minimum absolute atomic E-state index is 0.223. The van der Waals surface area contributed by atoms with Crippen molar-refractivity contribution in [3.05, 3.63) is 17.5 Å². The number of ether oxygens (including phenoxy) is 1. The summed E-state index contributed by atoms with van der Waals surface area (Å²) in [6, 6.07) is 3.26. The molecule has 0 unspecified atom stereocenters. The fourth-order valence-corrected chi connectivity index (χ4v) is 3.64. The molecule has 0 radical (unpaired) electrons. The van der Waals surface area contributed by atoms with Crippen LogP contribution in [-0.4, -0.2) is 39.4 Å². The summed E-state index contributed by atoms with van der Waals surface area (Å²) < 4.78 is 30.0. The van der Waals surface area contributed by atoms with Gasteiger partial charge in [-0.1, -0.05) is 6.07 Å². The first-order valence-corrected chi connectivity index (χ1v) is 7.37. The Morgan fingerprint density at radius 3 is 2.76 bits per heavy atom. The number of rotatable bonds is 6. The second kappa shape index (κ2) is 6.13. The summed E-state index contributed by atoms with van der Waals surface area (Å²) in [5.74, 6) is -0.327. The van der Waals surface area contributed by atoms with Crippen LogP contribution in [0.15, 0.2) is 21.7 Å². The number of sulfonamides is 1. The van der Waals surface area contributed by atoms with E-state index in [1.165, 1.54) is 29.8 Å². The molecule has 0 saturated carbocycles. The third kappa shape index (κ3) is 3.79. The molecule has 96 valence electrons. The van der Waals surface area contributed by atoms with E-state index < -0.39 is 10.0 Å². The van der Waals surface area contributed by atoms with Gasteiger partial charge in [0.05, 0.1) is 7.11 Å². The van der Waals surface area contributed by atoms with E-state index in [0.29, 0.717) is 17.2 Å². The third-order valence-electron chi connectivity index (χ3n) is 2.24. The summed E-state index contributed by atoms with van der Waals surface area (Å²) in [5.41, 5.74) is 0. The molecule has 1 rings (SSSR count). The third-order valence-corrected chi connectivity index (χ3v) is 5.47. The first-order valence-electron chi connectivity index (χ1n) is 5.05. The van der Waals surface area contributed by atoms with Crippen molar-refractivity contribution in [1.82, 2.24) is 4.31 Å². The molecule has 1 aromatic rings. The van der Waals surface area contributed by atoms with Crippen LogP contribution in [0.3, 0.4) is 0 Å². The van der Waals surface area contributed by atoms with Crippen LogP contribution in [-0.2, 0) is 19.6 Å². The van der Waals surface area contributed by atoms with Crippen LogP contribution in [0, 0.1) is 0 Å². The van der Waals surface area contributed by atoms with Crippen molar-refractivity contribution < 1.29 is 17.9 Å². The van der Waals surface area contributed by atoms with E-state index in [1.807, 2.05) is 0 Å². The summed E-state index contributed by atoms with van der Waals surface area (Å²) >= 11 is 1.18. The maximum Gasteiger partial charge on any atom is 0.305 e. The Bertz CT molecular complexity index is 453. The monoisotopic (exact) mass is 277 g/mol. The molecule has 0 saturated heterocycles.